The molecular formula is C13H17N2O. The average molecular weight is 217 g/mol. The van der Waals surface area contributed by atoms with Gasteiger partial charge in [0.2, 0.25) is 0 Å². The van der Waals surface area contributed by atoms with E-state index >= 15 is 0 Å². The summed E-state index contributed by atoms with van der Waals surface area (Å²) in [5.41, 5.74) is 7.12. The van der Waals surface area contributed by atoms with Crippen molar-refractivity contribution in [2.75, 3.05) is 0 Å². The van der Waals surface area contributed by atoms with Crippen LogP contribution in [0.4, 0.5) is 0 Å². The Balaban J connectivity index is 1.90. The molecule has 16 heavy (non-hydrogen) atoms. The third-order valence-electron chi connectivity index (χ3n) is 3.02. The van der Waals surface area contributed by atoms with E-state index in [1.165, 1.54) is 12.8 Å². The zero-order chi connectivity index (χ0) is 11.5. The normalized spacial score (nSPS) is 17.1. The molecule has 1 aliphatic rings. The summed E-state index contributed by atoms with van der Waals surface area (Å²) in [5.74, 6) is 0.766. The van der Waals surface area contributed by atoms with E-state index in [0.717, 1.165) is 12.0 Å². The lowest BCUT2D eigenvalue weighted by Gasteiger charge is -2.08. The maximum atomic E-state index is 11.7. The van der Waals surface area contributed by atoms with E-state index in [4.69, 9.17) is 11.1 Å². The molecule has 1 aromatic rings. The summed E-state index contributed by atoms with van der Waals surface area (Å²) in [5, 5.41) is 19.0. The van der Waals surface area contributed by atoms with E-state index in [2.05, 4.69) is 0 Å². The quantitative estimate of drug-likeness (QED) is 0.575. The number of amidine groups is 1. The monoisotopic (exact) mass is 217 g/mol. The van der Waals surface area contributed by atoms with Crippen molar-refractivity contribution in [1.29, 1.82) is 5.41 Å². The number of benzene rings is 1. The molecule has 0 spiro atoms. The summed E-state index contributed by atoms with van der Waals surface area (Å²) < 4.78 is 0. The smallest absolute Gasteiger partial charge is 0.122 e. The van der Waals surface area contributed by atoms with Crippen molar-refractivity contribution in [3.8, 4) is 0 Å². The number of hydrogen-bond donors (Lipinski definition) is 2. The zero-order valence-corrected chi connectivity index (χ0v) is 9.28. The zero-order valence-electron chi connectivity index (χ0n) is 9.28. The first-order valence-corrected chi connectivity index (χ1v) is 5.74. The highest BCUT2D eigenvalue weighted by atomic mass is 16.3. The molecule has 2 rings (SSSR count). The third-order valence-corrected chi connectivity index (χ3v) is 3.02. The van der Waals surface area contributed by atoms with Crippen LogP contribution in [0.15, 0.2) is 24.3 Å². The van der Waals surface area contributed by atoms with Gasteiger partial charge < -0.3 is 5.73 Å². The Morgan fingerprint density at radius 2 is 2.00 bits per heavy atom. The minimum atomic E-state index is -0.476. The average Bonchev–Trinajstić information content (AvgIpc) is 3.02. The summed E-state index contributed by atoms with van der Waals surface area (Å²) in [6, 6.07) is 7.41. The first-order valence-electron chi connectivity index (χ1n) is 5.74. The molecular weight excluding hydrogens is 200 g/mol. The van der Waals surface area contributed by atoms with Crippen LogP contribution in [0.25, 0.3) is 0 Å². The van der Waals surface area contributed by atoms with Gasteiger partial charge in [-0.2, -0.15) is 0 Å². The number of hydrogen-bond acceptors (Lipinski definition) is 1. The van der Waals surface area contributed by atoms with Crippen LogP contribution in [0.5, 0.6) is 0 Å². The van der Waals surface area contributed by atoms with E-state index in [0.29, 0.717) is 17.9 Å². The molecule has 0 saturated heterocycles. The van der Waals surface area contributed by atoms with Gasteiger partial charge in [0, 0.05) is 12.0 Å². The number of rotatable bonds is 5. The lowest BCUT2D eigenvalue weighted by atomic mass is 10.0. The van der Waals surface area contributed by atoms with Crippen molar-refractivity contribution in [2.45, 2.75) is 31.8 Å². The largest absolute Gasteiger partial charge is 0.384 e. The van der Waals surface area contributed by atoms with Gasteiger partial charge in [0.1, 0.15) is 5.84 Å². The van der Waals surface area contributed by atoms with Crippen LogP contribution in [0.1, 0.15) is 30.4 Å². The molecule has 0 heterocycles. The Kier molecular flexibility index (Phi) is 3.25. The van der Waals surface area contributed by atoms with Crippen LogP contribution in [0, 0.1) is 11.3 Å². The standard InChI is InChI=1S/C13H17N2O/c14-13(15)11-5-3-10(4-6-11)8-12(16)7-9-1-2-9/h3-6,9,12H,1-2,7-8H2,(H3,14,15). The topological polar surface area (TPSA) is 69.8 Å². The molecule has 0 amide bonds. The first-order chi connectivity index (χ1) is 7.65. The number of nitrogens with one attached hydrogen (secondary N) is 1. The Morgan fingerprint density at radius 1 is 1.38 bits per heavy atom. The molecule has 3 heteroatoms. The molecule has 1 radical (unpaired) electrons. The Morgan fingerprint density at radius 3 is 2.50 bits per heavy atom. The minimum Gasteiger partial charge on any atom is -0.384 e. The van der Waals surface area contributed by atoms with Gasteiger partial charge in [-0.15, -0.1) is 0 Å². The maximum absolute atomic E-state index is 11.7. The predicted molar refractivity (Wildman–Crippen MR) is 63.0 cm³/mol. The van der Waals surface area contributed by atoms with Crippen LogP contribution in [0.2, 0.25) is 0 Å². The summed E-state index contributed by atoms with van der Waals surface area (Å²) in [4.78, 5) is 0. The van der Waals surface area contributed by atoms with Crippen molar-refractivity contribution in [2.24, 2.45) is 11.7 Å². The van der Waals surface area contributed by atoms with Crippen molar-refractivity contribution in [1.82, 2.24) is 0 Å². The van der Waals surface area contributed by atoms with Crippen LogP contribution < -0.4 is 5.73 Å². The van der Waals surface area contributed by atoms with Crippen LogP contribution in [-0.4, -0.2) is 11.9 Å². The Hall–Kier alpha value is -1.35. The molecule has 0 bridgehead atoms. The predicted octanol–water partition coefficient (Wildman–Crippen LogP) is 2.11. The van der Waals surface area contributed by atoms with E-state index in [-0.39, 0.29) is 5.84 Å². The highest BCUT2D eigenvalue weighted by Gasteiger charge is 2.25. The van der Waals surface area contributed by atoms with Gasteiger partial charge >= 0.3 is 0 Å². The van der Waals surface area contributed by atoms with Gasteiger partial charge in [0.25, 0.3) is 0 Å². The summed E-state index contributed by atoms with van der Waals surface area (Å²) >= 11 is 0. The first kappa shape index (κ1) is 11.1. The molecule has 1 atom stereocenters. The molecule has 85 valence electrons. The maximum Gasteiger partial charge on any atom is 0.122 e. The van der Waals surface area contributed by atoms with Crippen molar-refractivity contribution >= 4 is 5.84 Å². The lowest BCUT2D eigenvalue weighted by Crippen LogP contribution is -2.12. The second-order valence-electron chi connectivity index (χ2n) is 4.62. The van der Waals surface area contributed by atoms with Crippen molar-refractivity contribution in [3.63, 3.8) is 0 Å². The number of nitrogen functional groups attached to an aromatic ring is 1. The SMILES string of the molecule is N=C(N)c1ccc(CC([O])CC2CC2)cc1. The highest BCUT2D eigenvalue weighted by Crippen LogP contribution is 2.34. The number of nitrogens with two attached hydrogens (primary N) is 1. The van der Waals surface area contributed by atoms with Gasteiger partial charge in [-0.25, -0.2) is 5.11 Å². The molecule has 0 aliphatic heterocycles. The van der Waals surface area contributed by atoms with E-state index in [9.17, 15) is 5.11 Å². The van der Waals surface area contributed by atoms with Crippen molar-refractivity contribution in [3.05, 3.63) is 35.4 Å². The molecule has 1 aromatic carbocycles. The van der Waals surface area contributed by atoms with E-state index in [1.807, 2.05) is 24.3 Å². The Bertz CT molecular complexity index is 368. The molecule has 3 N–H and O–H groups in total. The summed E-state index contributed by atoms with van der Waals surface area (Å²) in [7, 11) is 0. The highest BCUT2D eigenvalue weighted by molar-refractivity contribution is 5.94. The summed E-state index contributed by atoms with van der Waals surface area (Å²) in [6.07, 6.45) is 3.41. The van der Waals surface area contributed by atoms with E-state index in [1.54, 1.807) is 0 Å². The van der Waals surface area contributed by atoms with Gasteiger partial charge in [-0.05, 0) is 17.9 Å². The van der Waals surface area contributed by atoms with E-state index < -0.39 is 6.10 Å². The molecule has 3 nitrogen and oxygen atoms in total. The summed E-state index contributed by atoms with van der Waals surface area (Å²) in [6.45, 7) is 0. The van der Waals surface area contributed by atoms with Gasteiger partial charge in [0.05, 0.1) is 6.10 Å². The second kappa shape index (κ2) is 4.66. The fraction of sp³-hybridized carbons (Fsp3) is 0.462. The van der Waals surface area contributed by atoms with Gasteiger partial charge in [-0.3, -0.25) is 5.41 Å². The molecule has 1 unspecified atom stereocenters. The fourth-order valence-corrected chi connectivity index (χ4v) is 1.89. The van der Waals surface area contributed by atoms with Crippen molar-refractivity contribution < 1.29 is 5.11 Å². The molecule has 1 aliphatic carbocycles. The molecule has 1 fully saturated rings. The Labute approximate surface area is 95.8 Å². The van der Waals surface area contributed by atoms with Gasteiger partial charge in [-0.1, -0.05) is 37.1 Å². The minimum absolute atomic E-state index is 0.0724. The van der Waals surface area contributed by atoms with Crippen LogP contribution >= 0.6 is 0 Å². The fourth-order valence-electron chi connectivity index (χ4n) is 1.89. The molecule has 1 saturated carbocycles. The molecule has 0 aromatic heterocycles. The second-order valence-corrected chi connectivity index (χ2v) is 4.62. The third kappa shape index (κ3) is 3.07. The van der Waals surface area contributed by atoms with Crippen LogP contribution in [-0.2, 0) is 11.5 Å². The lowest BCUT2D eigenvalue weighted by molar-refractivity contribution is 0.0766. The van der Waals surface area contributed by atoms with Crippen LogP contribution in [0.3, 0.4) is 0 Å². The van der Waals surface area contributed by atoms with Gasteiger partial charge in [0.15, 0.2) is 0 Å².